The van der Waals surface area contributed by atoms with Crippen LogP contribution < -0.4 is 9.75 Å². The number of carbonyl (C=O) groups is 1. The molecule has 0 aromatic heterocycles. The Morgan fingerprint density at radius 2 is 1.63 bits per heavy atom. The summed E-state index contributed by atoms with van der Waals surface area (Å²) in [4.78, 5) is 13.6. The fraction of sp³-hybridized carbons (Fsp3) is 0.130. The molecule has 3 aromatic rings. The van der Waals surface area contributed by atoms with Crippen molar-refractivity contribution in [2.45, 2.75) is 12.0 Å². The minimum absolute atomic E-state index is 0.0953. The lowest BCUT2D eigenvalue weighted by Gasteiger charge is -2.30. The lowest BCUT2D eigenvalue weighted by atomic mass is 9.81. The smallest absolute Gasteiger partial charge is 0.197 e. The highest BCUT2D eigenvalue weighted by atomic mass is 16.5. The molecule has 0 saturated carbocycles. The minimum atomic E-state index is -0.832. The van der Waals surface area contributed by atoms with Gasteiger partial charge in [0, 0.05) is 12.0 Å². The number of ketones is 1. The summed E-state index contributed by atoms with van der Waals surface area (Å²) < 4.78 is 5.29. The summed E-state index contributed by atoms with van der Waals surface area (Å²) in [6.07, 6.45) is 0.539. The maximum atomic E-state index is 13.6. The summed E-state index contributed by atoms with van der Waals surface area (Å²) >= 11 is 0. The first-order valence-electron chi connectivity index (χ1n) is 8.95. The minimum Gasteiger partial charge on any atom is -0.497 e. The van der Waals surface area contributed by atoms with Gasteiger partial charge in [0.05, 0.1) is 18.5 Å². The van der Waals surface area contributed by atoms with Gasteiger partial charge in [0.1, 0.15) is 5.75 Å². The SMILES string of the molecule is COc1ccc(C23CC(c4ccccc4)=NN2c2ccccc2C3=O)cc1. The third-order valence-corrected chi connectivity index (χ3v) is 5.43. The lowest BCUT2D eigenvalue weighted by Crippen LogP contribution is -2.42. The molecular weight excluding hydrogens is 336 g/mol. The van der Waals surface area contributed by atoms with E-state index >= 15 is 0 Å². The fourth-order valence-electron chi connectivity index (χ4n) is 4.08. The number of nitrogens with zero attached hydrogens (tertiary/aromatic N) is 2. The van der Waals surface area contributed by atoms with Crippen molar-refractivity contribution in [1.82, 2.24) is 0 Å². The molecule has 27 heavy (non-hydrogen) atoms. The van der Waals surface area contributed by atoms with E-state index in [1.54, 1.807) is 7.11 Å². The molecule has 0 bridgehead atoms. The Balaban J connectivity index is 1.69. The molecular formula is C23H18N2O2. The van der Waals surface area contributed by atoms with Crippen molar-refractivity contribution in [2.24, 2.45) is 5.10 Å². The second kappa shape index (κ2) is 5.81. The molecule has 0 aliphatic carbocycles. The zero-order valence-electron chi connectivity index (χ0n) is 14.9. The molecule has 2 aliphatic heterocycles. The fourth-order valence-corrected chi connectivity index (χ4v) is 4.08. The second-order valence-corrected chi connectivity index (χ2v) is 6.84. The average molecular weight is 354 g/mol. The van der Waals surface area contributed by atoms with Gasteiger partial charge in [-0.15, -0.1) is 0 Å². The number of benzene rings is 3. The van der Waals surface area contributed by atoms with E-state index in [0.717, 1.165) is 33.8 Å². The third-order valence-electron chi connectivity index (χ3n) is 5.43. The van der Waals surface area contributed by atoms with Crippen molar-refractivity contribution in [1.29, 1.82) is 0 Å². The van der Waals surface area contributed by atoms with Crippen molar-refractivity contribution in [2.75, 3.05) is 12.1 Å². The van der Waals surface area contributed by atoms with Crippen molar-refractivity contribution in [3.63, 3.8) is 0 Å². The van der Waals surface area contributed by atoms with E-state index in [4.69, 9.17) is 9.84 Å². The van der Waals surface area contributed by atoms with Crippen LogP contribution >= 0.6 is 0 Å². The second-order valence-electron chi connectivity index (χ2n) is 6.84. The van der Waals surface area contributed by atoms with Gasteiger partial charge < -0.3 is 4.74 Å². The molecule has 2 aliphatic rings. The Hall–Kier alpha value is -3.40. The predicted octanol–water partition coefficient (Wildman–Crippen LogP) is 4.40. The molecule has 4 heteroatoms. The van der Waals surface area contributed by atoms with Crippen LogP contribution in [0.3, 0.4) is 0 Å². The van der Waals surface area contributed by atoms with Crippen LogP contribution in [0.5, 0.6) is 5.75 Å². The average Bonchev–Trinajstić information content (AvgIpc) is 3.24. The molecule has 1 unspecified atom stereocenters. The van der Waals surface area contributed by atoms with Crippen molar-refractivity contribution < 1.29 is 9.53 Å². The summed E-state index contributed by atoms with van der Waals surface area (Å²) in [5, 5.41) is 6.81. The van der Waals surface area contributed by atoms with E-state index in [0.29, 0.717) is 6.42 Å². The number of rotatable bonds is 3. The maximum absolute atomic E-state index is 13.6. The highest BCUT2D eigenvalue weighted by Gasteiger charge is 2.56. The molecule has 0 saturated heterocycles. The van der Waals surface area contributed by atoms with Gasteiger partial charge >= 0.3 is 0 Å². The molecule has 0 spiro atoms. The van der Waals surface area contributed by atoms with Crippen LogP contribution in [0, 0.1) is 0 Å². The molecule has 1 atom stereocenters. The van der Waals surface area contributed by atoms with E-state index in [2.05, 4.69) is 0 Å². The van der Waals surface area contributed by atoms with Crippen molar-refractivity contribution in [3.05, 3.63) is 95.6 Å². The number of methoxy groups -OCH3 is 1. The van der Waals surface area contributed by atoms with Gasteiger partial charge in [-0.1, -0.05) is 54.6 Å². The topological polar surface area (TPSA) is 41.9 Å². The molecule has 0 fully saturated rings. The normalized spacial score (nSPS) is 20.3. The molecule has 0 radical (unpaired) electrons. The van der Waals surface area contributed by atoms with Gasteiger partial charge in [-0.05, 0) is 35.4 Å². The monoisotopic (exact) mass is 354 g/mol. The number of para-hydroxylation sites is 1. The van der Waals surface area contributed by atoms with Crippen LogP contribution in [0.1, 0.15) is 27.9 Å². The number of hydrogen-bond donors (Lipinski definition) is 0. The van der Waals surface area contributed by atoms with Crippen LogP contribution in [0.4, 0.5) is 5.69 Å². The van der Waals surface area contributed by atoms with Gasteiger partial charge in [0.25, 0.3) is 0 Å². The Morgan fingerprint density at radius 3 is 2.37 bits per heavy atom. The number of Topliss-reactive ketones (excluding diaryl/α,β-unsaturated/α-hetero) is 1. The van der Waals surface area contributed by atoms with Gasteiger partial charge in [-0.25, -0.2) is 5.01 Å². The number of ether oxygens (including phenoxy) is 1. The molecule has 4 nitrogen and oxygen atoms in total. The van der Waals surface area contributed by atoms with Crippen molar-refractivity contribution in [3.8, 4) is 5.75 Å². The molecule has 2 heterocycles. The number of hydrogen-bond acceptors (Lipinski definition) is 4. The van der Waals surface area contributed by atoms with Crippen LogP contribution in [-0.4, -0.2) is 18.6 Å². The van der Waals surface area contributed by atoms with Gasteiger partial charge in [-0.2, -0.15) is 5.10 Å². The first-order valence-corrected chi connectivity index (χ1v) is 8.95. The zero-order valence-corrected chi connectivity index (χ0v) is 14.9. The van der Waals surface area contributed by atoms with E-state index in [9.17, 15) is 4.79 Å². The molecule has 3 aromatic carbocycles. The Kier molecular flexibility index (Phi) is 3.41. The van der Waals surface area contributed by atoms with E-state index < -0.39 is 5.54 Å². The maximum Gasteiger partial charge on any atom is 0.197 e. The molecule has 5 rings (SSSR count). The first kappa shape index (κ1) is 15.8. The highest BCUT2D eigenvalue weighted by Crippen LogP contribution is 2.51. The van der Waals surface area contributed by atoms with Crippen LogP contribution in [0.2, 0.25) is 0 Å². The van der Waals surface area contributed by atoms with Crippen LogP contribution in [0.25, 0.3) is 0 Å². The molecule has 0 amide bonds. The number of anilines is 1. The van der Waals surface area contributed by atoms with Crippen LogP contribution in [0.15, 0.2) is 84.0 Å². The standard InChI is InChI=1S/C23H18N2O2/c1-27-18-13-11-17(12-14-18)23-15-20(16-7-3-2-4-8-16)24-25(23)21-10-6-5-9-19(21)22(23)26/h2-14H,15H2,1H3. The molecule has 132 valence electrons. The predicted molar refractivity (Wildman–Crippen MR) is 106 cm³/mol. The summed E-state index contributed by atoms with van der Waals surface area (Å²) in [6, 6.07) is 25.5. The highest BCUT2D eigenvalue weighted by molar-refractivity contribution is 6.20. The Bertz CT molecular complexity index is 1060. The lowest BCUT2D eigenvalue weighted by molar-refractivity contribution is 0.0908. The van der Waals surface area contributed by atoms with Gasteiger partial charge in [-0.3, -0.25) is 4.79 Å². The Labute approximate surface area is 157 Å². The number of hydrazone groups is 1. The van der Waals surface area contributed by atoms with Gasteiger partial charge in [0.2, 0.25) is 0 Å². The number of carbonyl (C=O) groups excluding carboxylic acids is 1. The van der Waals surface area contributed by atoms with E-state index in [-0.39, 0.29) is 5.78 Å². The van der Waals surface area contributed by atoms with Crippen LogP contribution in [-0.2, 0) is 5.54 Å². The third kappa shape index (κ3) is 2.16. The molecule has 0 N–H and O–H groups in total. The summed E-state index contributed by atoms with van der Waals surface area (Å²) in [5.74, 6) is 0.866. The summed E-state index contributed by atoms with van der Waals surface area (Å²) in [6.45, 7) is 0. The summed E-state index contributed by atoms with van der Waals surface area (Å²) in [5.41, 5.74) is 3.66. The van der Waals surface area contributed by atoms with Gasteiger partial charge in [0.15, 0.2) is 11.3 Å². The zero-order chi connectivity index (χ0) is 18.4. The van der Waals surface area contributed by atoms with Crippen molar-refractivity contribution >= 4 is 17.2 Å². The van der Waals surface area contributed by atoms with E-state index in [1.807, 2.05) is 83.9 Å². The Morgan fingerprint density at radius 1 is 0.926 bits per heavy atom. The summed E-state index contributed by atoms with van der Waals surface area (Å²) in [7, 11) is 1.64. The van der Waals surface area contributed by atoms with E-state index in [1.165, 1.54) is 0 Å². The quantitative estimate of drug-likeness (QED) is 0.700. The largest absolute Gasteiger partial charge is 0.497 e. The number of fused-ring (bicyclic) bond motifs is 3. The first-order chi connectivity index (χ1) is 13.2.